The van der Waals surface area contributed by atoms with Crippen LogP contribution in [0, 0.1) is 17.1 Å². The van der Waals surface area contributed by atoms with Crippen LogP contribution in [0.3, 0.4) is 0 Å². The fourth-order valence-electron chi connectivity index (χ4n) is 1.59. The molecule has 17 heavy (non-hydrogen) atoms. The number of hydrogen-bond donors (Lipinski definition) is 1. The van der Waals surface area contributed by atoms with E-state index in [1.807, 2.05) is 33.8 Å². The first-order valence-corrected chi connectivity index (χ1v) is 5.70. The third-order valence-corrected chi connectivity index (χ3v) is 2.85. The highest BCUT2D eigenvalue weighted by atomic mass is 19.1. The van der Waals surface area contributed by atoms with Crippen molar-refractivity contribution in [2.24, 2.45) is 0 Å². The van der Waals surface area contributed by atoms with E-state index in [1.165, 1.54) is 6.07 Å². The predicted octanol–water partition coefficient (Wildman–Crippen LogP) is 3.00. The van der Waals surface area contributed by atoms with Gasteiger partial charge in [0.1, 0.15) is 11.4 Å². The molecule has 0 atom stereocenters. The number of nitrogens with zero attached hydrogens (tertiary/aromatic N) is 1. The van der Waals surface area contributed by atoms with Crippen LogP contribution in [0.1, 0.15) is 33.3 Å². The quantitative estimate of drug-likeness (QED) is 0.869. The summed E-state index contributed by atoms with van der Waals surface area (Å²) < 4.78 is 13.7. The van der Waals surface area contributed by atoms with Crippen LogP contribution in [-0.4, -0.2) is 12.1 Å². The van der Waals surface area contributed by atoms with E-state index in [1.54, 1.807) is 12.1 Å². The zero-order valence-corrected chi connectivity index (χ0v) is 10.8. The van der Waals surface area contributed by atoms with Crippen molar-refractivity contribution in [2.75, 3.05) is 6.54 Å². The summed E-state index contributed by atoms with van der Waals surface area (Å²) in [6.45, 7) is 8.10. The molecule has 0 amide bonds. The molecule has 1 aromatic carbocycles. The molecule has 3 heteroatoms. The van der Waals surface area contributed by atoms with Crippen molar-refractivity contribution in [3.05, 3.63) is 35.6 Å². The smallest absolute Gasteiger partial charge is 0.126 e. The summed E-state index contributed by atoms with van der Waals surface area (Å²) in [5.74, 6) is -0.200. The molecule has 0 radical (unpaired) electrons. The molecule has 0 heterocycles. The Hall–Kier alpha value is -1.40. The lowest BCUT2D eigenvalue weighted by Gasteiger charge is -2.29. The average Bonchev–Trinajstić information content (AvgIpc) is 2.27. The largest absolute Gasteiger partial charge is 0.299 e. The van der Waals surface area contributed by atoms with Crippen LogP contribution < -0.4 is 5.32 Å². The normalized spacial score (nSPS) is 12.2. The molecular weight excluding hydrogens is 215 g/mol. The minimum atomic E-state index is -0.595. The topological polar surface area (TPSA) is 35.8 Å². The Morgan fingerprint density at radius 1 is 1.24 bits per heavy atom. The fourth-order valence-corrected chi connectivity index (χ4v) is 1.59. The lowest BCUT2D eigenvalue weighted by atomic mass is 9.83. The predicted molar refractivity (Wildman–Crippen MR) is 67.1 cm³/mol. The van der Waals surface area contributed by atoms with Crippen LogP contribution in [0.15, 0.2) is 24.3 Å². The Bertz CT molecular complexity index is 430. The van der Waals surface area contributed by atoms with Gasteiger partial charge in [0.2, 0.25) is 0 Å². The summed E-state index contributed by atoms with van der Waals surface area (Å²) >= 11 is 0. The van der Waals surface area contributed by atoms with Crippen molar-refractivity contribution >= 4 is 0 Å². The van der Waals surface area contributed by atoms with E-state index in [2.05, 4.69) is 11.4 Å². The lowest BCUT2D eigenvalue weighted by molar-refractivity contribution is 0.387. The van der Waals surface area contributed by atoms with Crippen LogP contribution in [-0.2, 0) is 5.41 Å². The van der Waals surface area contributed by atoms with E-state index in [9.17, 15) is 4.39 Å². The maximum atomic E-state index is 13.7. The first kappa shape index (κ1) is 13.7. The van der Waals surface area contributed by atoms with Crippen LogP contribution in [0.4, 0.5) is 4.39 Å². The number of hydrogen-bond acceptors (Lipinski definition) is 2. The molecule has 0 aliphatic heterocycles. The van der Waals surface area contributed by atoms with E-state index in [0.29, 0.717) is 12.1 Å². The van der Waals surface area contributed by atoms with Crippen LogP contribution >= 0.6 is 0 Å². The summed E-state index contributed by atoms with van der Waals surface area (Å²) in [6, 6.07) is 8.94. The maximum absolute atomic E-state index is 13.7. The zero-order chi connectivity index (χ0) is 13.1. The van der Waals surface area contributed by atoms with Gasteiger partial charge in [0, 0.05) is 12.0 Å². The summed E-state index contributed by atoms with van der Waals surface area (Å²) in [5, 5.41) is 12.1. The molecule has 0 aliphatic rings. The molecule has 0 saturated carbocycles. The van der Waals surface area contributed by atoms with E-state index in [0.717, 1.165) is 0 Å². The fraction of sp³-hybridized carbons (Fsp3) is 0.500. The minimum absolute atomic E-state index is 0.200. The van der Waals surface area contributed by atoms with Gasteiger partial charge in [-0.15, -0.1) is 0 Å². The van der Waals surface area contributed by atoms with Crippen molar-refractivity contribution in [3.63, 3.8) is 0 Å². The molecule has 0 unspecified atom stereocenters. The summed E-state index contributed by atoms with van der Waals surface area (Å²) in [6.07, 6.45) is 0. The summed E-state index contributed by atoms with van der Waals surface area (Å²) in [4.78, 5) is 0. The highest BCUT2D eigenvalue weighted by Crippen LogP contribution is 2.25. The Kier molecular flexibility index (Phi) is 3.90. The molecule has 0 bridgehead atoms. The Morgan fingerprint density at radius 2 is 1.82 bits per heavy atom. The molecule has 1 N–H and O–H groups in total. The van der Waals surface area contributed by atoms with E-state index in [-0.39, 0.29) is 11.2 Å². The molecule has 0 aromatic heterocycles. The minimum Gasteiger partial charge on any atom is -0.299 e. The Labute approximate surface area is 102 Å². The average molecular weight is 234 g/mol. The lowest BCUT2D eigenvalue weighted by Crippen LogP contribution is -2.45. The van der Waals surface area contributed by atoms with E-state index < -0.39 is 5.54 Å². The number of nitriles is 1. The summed E-state index contributed by atoms with van der Waals surface area (Å²) in [7, 11) is 0. The second-order valence-corrected chi connectivity index (χ2v) is 5.45. The van der Waals surface area contributed by atoms with Crippen molar-refractivity contribution < 1.29 is 4.39 Å². The van der Waals surface area contributed by atoms with Crippen molar-refractivity contribution in [1.82, 2.24) is 5.32 Å². The number of nitrogens with one attached hydrogen (secondary N) is 1. The van der Waals surface area contributed by atoms with Crippen LogP contribution in [0.25, 0.3) is 0 Å². The third kappa shape index (κ3) is 3.54. The maximum Gasteiger partial charge on any atom is 0.126 e. The summed E-state index contributed by atoms with van der Waals surface area (Å²) in [5.41, 5.74) is -0.275. The second kappa shape index (κ2) is 4.85. The van der Waals surface area contributed by atoms with Crippen LogP contribution in [0.2, 0.25) is 0 Å². The molecule has 0 saturated heterocycles. The van der Waals surface area contributed by atoms with Gasteiger partial charge in [-0.25, -0.2) is 4.39 Å². The molecular formula is C14H19FN2. The van der Waals surface area contributed by atoms with Gasteiger partial charge in [-0.3, -0.25) is 5.32 Å². The van der Waals surface area contributed by atoms with E-state index in [4.69, 9.17) is 5.26 Å². The monoisotopic (exact) mass is 234 g/mol. The standard InChI is InChI=1S/C14H19FN2/c1-13(2,10-17-14(3,4)9-16)11-7-5-6-8-12(11)15/h5-8,17H,10H2,1-4H3. The van der Waals surface area contributed by atoms with Gasteiger partial charge in [-0.1, -0.05) is 32.0 Å². The molecule has 0 spiro atoms. The molecule has 0 aliphatic carbocycles. The van der Waals surface area contributed by atoms with Gasteiger partial charge in [-0.05, 0) is 25.5 Å². The first-order chi connectivity index (χ1) is 7.78. The van der Waals surface area contributed by atoms with Gasteiger partial charge in [0.25, 0.3) is 0 Å². The van der Waals surface area contributed by atoms with Gasteiger partial charge >= 0.3 is 0 Å². The SMILES string of the molecule is CC(C)(C#N)NCC(C)(C)c1ccccc1F. The van der Waals surface area contributed by atoms with Gasteiger partial charge in [-0.2, -0.15) is 5.26 Å². The zero-order valence-electron chi connectivity index (χ0n) is 10.8. The van der Waals surface area contributed by atoms with Crippen molar-refractivity contribution in [1.29, 1.82) is 5.26 Å². The van der Waals surface area contributed by atoms with Crippen molar-refractivity contribution in [3.8, 4) is 6.07 Å². The highest BCUT2D eigenvalue weighted by molar-refractivity contribution is 5.26. The Morgan fingerprint density at radius 3 is 2.35 bits per heavy atom. The second-order valence-electron chi connectivity index (χ2n) is 5.45. The molecule has 92 valence electrons. The van der Waals surface area contributed by atoms with Gasteiger partial charge in [0.05, 0.1) is 6.07 Å². The number of benzene rings is 1. The van der Waals surface area contributed by atoms with E-state index >= 15 is 0 Å². The third-order valence-electron chi connectivity index (χ3n) is 2.85. The first-order valence-electron chi connectivity index (χ1n) is 5.70. The van der Waals surface area contributed by atoms with Crippen molar-refractivity contribution in [2.45, 2.75) is 38.6 Å². The number of rotatable bonds is 4. The molecule has 0 fully saturated rings. The van der Waals surface area contributed by atoms with Crippen LogP contribution in [0.5, 0.6) is 0 Å². The number of halogens is 1. The molecule has 2 nitrogen and oxygen atoms in total. The highest BCUT2D eigenvalue weighted by Gasteiger charge is 2.26. The molecule has 1 rings (SSSR count). The van der Waals surface area contributed by atoms with Gasteiger partial charge in [0.15, 0.2) is 0 Å². The molecule has 1 aromatic rings. The Balaban J connectivity index is 2.84. The van der Waals surface area contributed by atoms with Gasteiger partial charge < -0.3 is 0 Å².